The van der Waals surface area contributed by atoms with Crippen LogP contribution in [0, 0.1) is 11.3 Å². The molecule has 0 amide bonds. The van der Waals surface area contributed by atoms with Gasteiger partial charge in [-0.2, -0.15) is 9.66 Å². The third-order valence-electron chi connectivity index (χ3n) is 5.87. The van der Waals surface area contributed by atoms with Gasteiger partial charge in [-0.05, 0) is 67.5 Å². The topological polar surface area (TPSA) is 55.7 Å². The van der Waals surface area contributed by atoms with Gasteiger partial charge in [0, 0.05) is 5.56 Å². The minimum atomic E-state index is 0.790. The summed E-state index contributed by atoms with van der Waals surface area (Å²) in [5.41, 5.74) is 8.71. The first-order valence-corrected chi connectivity index (χ1v) is 10.1. The maximum absolute atomic E-state index is 9.95. The number of nitriles is 1. The molecule has 1 aliphatic carbocycles. The Morgan fingerprint density at radius 2 is 1.79 bits per heavy atom. The molecule has 0 atom stereocenters. The number of anilines is 2. The Morgan fingerprint density at radius 3 is 2.54 bits per heavy atom. The van der Waals surface area contributed by atoms with Crippen LogP contribution in [0.15, 0.2) is 48.5 Å². The van der Waals surface area contributed by atoms with E-state index in [1.54, 1.807) is 0 Å². The summed E-state index contributed by atoms with van der Waals surface area (Å²) in [6.07, 6.45) is 5.31. The fourth-order valence-corrected chi connectivity index (χ4v) is 4.42. The molecule has 5 rings (SSSR count). The van der Waals surface area contributed by atoms with Crippen molar-refractivity contribution in [2.45, 2.75) is 39.0 Å². The molecule has 2 N–H and O–H groups in total. The lowest BCUT2D eigenvalue weighted by Crippen LogP contribution is -2.30. The zero-order chi connectivity index (χ0) is 19.1. The van der Waals surface area contributed by atoms with Crippen molar-refractivity contribution in [2.75, 3.05) is 5.32 Å². The van der Waals surface area contributed by atoms with Crippen LogP contribution in [-0.2, 0) is 19.3 Å². The van der Waals surface area contributed by atoms with Crippen LogP contribution in [0.1, 0.15) is 42.0 Å². The van der Waals surface area contributed by atoms with E-state index in [2.05, 4.69) is 64.1 Å². The van der Waals surface area contributed by atoms with Gasteiger partial charge < -0.3 is 0 Å². The molecule has 1 aliphatic rings. The van der Waals surface area contributed by atoms with Crippen LogP contribution >= 0.6 is 0 Å². The Bertz CT molecular complexity index is 1230. The molecule has 0 fully saturated rings. The molecule has 4 aromatic rings. The first kappa shape index (κ1) is 16.8. The molecule has 0 radical (unpaired) electrons. The maximum atomic E-state index is 9.95. The molecule has 0 unspecified atom stereocenters. The molecule has 0 saturated heterocycles. The van der Waals surface area contributed by atoms with E-state index in [1.807, 2.05) is 12.1 Å². The van der Waals surface area contributed by atoms with E-state index in [-0.39, 0.29) is 0 Å². The van der Waals surface area contributed by atoms with E-state index in [0.717, 1.165) is 65.9 Å². The van der Waals surface area contributed by atoms with Crippen molar-refractivity contribution in [3.63, 3.8) is 0 Å². The lowest BCUT2D eigenvalue weighted by atomic mass is 9.89. The number of nitrogens with zero attached hydrogens (tertiary/aromatic N) is 2. The summed E-state index contributed by atoms with van der Waals surface area (Å²) in [6.45, 7) is 2.17. The highest BCUT2D eigenvalue weighted by molar-refractivity contribution is 5.79. The van der Waals surface area contributed by atoms with Gasteiger partial charge in [0.25, 0.3) is 0 Å². The summed E-state index contributed by atoms with van der Waals surface area (Å²) < 4.78 is 2.20. The van der Waals surface area contributed by atoms with Gasteiger partial charge in [0.2, 0.25) is 11.5 Å². The largest absolute Gasteiger partial charge is 0.273 e. The number of aromatic nitrogens is 2. The van der Waals surface area contributed by atoms with Gasteiger partial charge in [-0.15, -0.1) is 0 Å². The third kappa shape index (κ3) is 2.55. The fraction of sp³-hybridized carbons (Fsp3) is 0.250. The Hall–Kier alpha value is -3.32. The van der Waals surface area contributed by atoms with Crippen molar-refractivity contribution in [1.29, 1.82) is 5.26 Å². The van der Waals surface area contributed by atoms with Crippen LogP contribution in [0.2, 0.25) is 0 Å². The van der Waals surface area contributed by atoms with Crippen molar-refractivity contribution in [3.8, 4) is 6.07 Å². The van der Waals surface area contributed by atoms with Crippen LogP contribution in [0.4, 0.5) is 11.5 Å². The number of H-pyrrole nitrogens is 1. The smallest absolute Gasteiger partial charge is 0.250 e. The van der Waals surface area contributed by atoms with Gasteiger partial charge in [-0.25, -0.2) is 0 Å². The van der Waals surface area contributed by atoms with Crippen molar-refractivity contribution in [3.05, 3.63) is 70.8 Å². The van der Waals surface area contributed by atoms with Gasteiger partial charge in [0.05, 0.1) is 5.69 Å². The number of nitrogens with one attached hydrogen (secondary N) is 2. The molecule has 2 aromatic carbocycles. The number of hydrogen-bond acceptors (Lipinski definition) is 2. The lowest BCUT2D eigenvalue weighted by Gasteiger charge is -2.19. The molecule has 0 spiro atoms. The second-order valence-electron chi connectivity index (χ2n) is 7.50. The molecule has 28 heavy (non-hydrogen) atoms. The van der Waals surface area contributed by atoms with Gasteiger partial charge in [-0.3, -0.25) is 10.3 Å². The Balaban J connectivity index is 1.81. The van der Waals surface area contributed by atoms with Crippen molar-refractivity contribution >= 4 is 28.2 Å². The van der Waals surface area contributed by atoms with E-state index >= 15 is 0 Å². The molecule has 0 aliphatic heterocycles. The first-order chi connectivity index (χ1) is 13.8. The molecule has 138 valence electrons. The Kier molecular flexibility index (Phi) is 4.02. The summed E-state index contributed by atoms with van der Waals surface area (Å²) >= 11 is 0. The molecule has 0 bridgehead atoms. The number of pyridine rings is 1. The normalized spacial score (nSPS) is 13.4. The second kappa shape index (κ2) is 6.69. The summed E-state index contributed by atoms with van der Waals surface area (Å²) in [6, 6.07) is 19.4. The fourth-order valence-electron chi connectivity index (χ4n) is 4.42. The van der Waals surface area contributed by atoms with E-state index in [4.69, 9.17) is 0 Å². The van der Waals surface area contributed by atoms with Crippen LogP contribution in [0.3, 0.4) is 0 Å². The maximum Gasteiger partial charge on any atom is 0.250 e. The minimum Gasteiger partial charge on any atom is -0.273 e. The summed E-state index contributed by atoms with van der Waals surface area (Å²) in [5, 5.41) is 13.6. The number of fused-ring (bicyclic) bond motifs is 4. The highest BCUT2D eigenvalue weighted by Gasteiger charge is 2.28. The number of rotatable bonds is 3. The molecule has 0 saturated carbocycles. The van der Waals surface area contributed by atoms with E-state index in [9.17, 15) is 5.26 Å². The summed E-state index contributed by atoms with van der Waals surface area (Å²) in [7, 11) is 0. The van der Waals surface area contributed by atoms with Crippen LogP contribution in [0.5, 0.6) is 0 Å². The Morgan fingerprint density at radius 1 is 1.04 bits per heavy atom. The Labute approximate surface area is 164 Å². The van der Waals surface area contributed by atoms with Crippen LogP contribution in [0.25, 0.3) is 16.7 Å². The average Bonchev–Trinajstić information content (AvgIpc) is 3.13. The van der Waals surface area contributed by atoms with Gasteiger partial charge >= 0.3 is 0 Å². The number of aryl methyl sites for hydroxylation is 1. The number of benzene rings is 2. The van der Waals surface area contributed by atoms with Crippen molar-refractivity contribution < 1.29 is 4.40 Å². The quantitative estimate of drug-likeness (QED) is 0.503. The highest BCUT2D eigenvalue weighted by Crippen LogP contribution is 2.33. The molecular weight excluding hydrogens is 344 g/mol. The zero-order valence-electron chi connectivity index (χ0n) is 16.0. The standard InChI is InChI=1S/C24H22N4/c1-2-16-11-13-17(14-12-16)26-23-19-8-4-3-7-18(19)20(15-25)24-27-21-9-5-6-10-22(21)28(23)24/h5-6,9-14H,2-4,7-8H2,1H3,(H,26,27)/p+1. The number of para-hydroxylation sites is 2. The zero-order valence-corrected chi connectivity index (χ0v) is 16.0. The first-order valence-electron chi connectivity index (χ1n) is 10.1. The number of aromatic amines is 1. The van der Waals surface area contributed by atoms with Crippen LogP contribution < -0.4 is 9.72 Å². The number of hydrogen-bond donors (Lipinski definition) is 2. The highest BCUT2D eigenvalue weighted by atomic mass is 15.1. The molecule has 2 heterocycles. The minimum absolute atomic E-state index is 0.790. The van der Waals surface area contributed by atoms with Crippen molar-refractivity contribution in [2.24, 2.45) is 0 Å². The van der Waals surface area contributed by atoms with Crippen LogP contribution in [-0.4, -0.2) is 4.98 Å². The summed E-state index contributed by atoms with van der Waals surface area (Å²) in [4.78, 5) is 3.49. The predicted molar refractivity (Wildman–Crippen MR) is 112 cm³/mol. The second-order valence-corrected chi connectivity index (χ2v) is 7.50. The number of imidazole rings is 1. The van der Waals surface area contributed by atoms with Gasteiger partial charge in [0.1, 0.15) is 22.7 Å². The molecule has 2 aromatic heterocycles. The predicted octanol–water partition coefficient (Wildman–Crippen LogP) is 4.96. The van der Waals surface area contributed by atoms with Gasteiger partial charge in [-0.1, -0.05) is 31.2 Å². The average molecular weight is 367 g/mol. The lowest BCUT2D eigenvalue weighted by molar-refractivity contribution is -0.465. The molecule has 4 heteroatoms. The monoisotopic (exact) mass is 367 g/mol. The van der Waals surface area contributed by atoms with Crippen molar-refractivity contribution in [1.82, 2.24) is 4.98 Å². The third-order valence-corrected chi connectivity index (χ3v) is 5.87. The molecule has 4 nitrogen and oxygen atoms in total. The van der Waals surface area contributed by atoms with E-state index < -0.39 is 0 Å². The van der Waals surface area contributed by atoms with Gasteiger partial charge in [0.15, 0.2) is 0 Å². The van der Waals surface area contributed by atoms with E-state index in [1.165, 1.54) is 16.7 Å². The van der Waals surface area contributed by atoms with E-state index in [0.29, 0.717) is 0 Å². The molecular formula is C24H23N4+. The summed E-state index contributed by atoms with van der Waals surface area (Å²) in [5.74, 6) is 1.09. The SMILES string of the molecule is CCc1ccc(Nc2c3c(c(C#N)c4[nH]c5ccccc5[n+]24)CCCC3)cc1.